The molecular formula is C35H39FN4O. The minimum atomic E-state index is -0.469. The number of nitrogens with zero attached hydrogens (tertiary/aromatic N) is 2. The summed E-state index contributed by atoms with van der Waals surface area (Å²) in [6, 6.07) is 21.3. The van der Waals surface area contributed by atoms with Crippen LogP contribution in [0, 0.1) is 11.7 Å². The number of halogens is 1. The Kier molecular flexibility index (Phi) is 7.74. The van der Waals surface area contributed by atoms with Crippen molar-refractivity contribution in [2.24, 2.45) is 5.92 Å². The minimum absolute atomic E-state index is 0.188. The van der Waals surface area contributed by atoms with Crippen LogP contribution in [0.1, 0.15) is 98.4 Å². The zero-order valence-corrected chi connectivity index (χ0v) is 24.0. The largest absolute Gasteiger partial charge is 0.351 e. The van der Waals surface area contributed by atoms with Gasteiger partial charge in [-0.3, -0.25) is 4.79 Å². The van der Waals surface area contributed by atoms with E-state index in [1.165, 1.54) is 25.0 Å². The molecule has 2 N–H and O–H groups in total. The van der Waals surface area contributed by atoms with Gasteiger partial charge < -0.3 is 10.6 Å². The number of nitrogens with one attached hydrogen (secondary N) is 2. The molecule has 1 unspecified atom stereocenters. The first kappa shape index (κ1) is 27.4. The summed E-state index contributed by atoms with van der Waals surface area (Å²) in [5.41, 5.74) is 2.84. The van der Waals surface area contributed by atoms with E-state index < -0.39 is 5.41 Å². The molecule has 0 spiro atoms. The van der Waals surface area contributed by atoms with Gasteiger partial charge in [-0.1, -0.05) is 74.4 Å². The summed E-state index contributed by atoms with van der Waals surface area (Å²) in [5.74, 6) is 0.873. The van der Waals surface area contributed by atoms with E-state index in [-0.39, 0.29) is 17.8 Å². The molecule has 6 heteroatoms. The van der Waals surface area contributed by atoms with Crippen molar-refractivity contribution in [1.82, 2.24) is 15.3 Å². The highest BCUT2D eigenvalue weighted by molar-refractivity contribution is 5.96. The van der Waals surface area contributed by atoms with Crippen molar-refractivity contribution < 1.29 is 9.18 Å². The van der Waals surface area contributed by atoms with E-state index in [2.05, 4.69) is 46.8 Å². The van der Waals surface area contributed by atoms with Gasteiger partial charge in [-0.25, -0.2) is 14.4 Å². The topological polar surface area (TPSA) is 66.9 Å². The minimum Gasteiger partial charge on any atom is -0.351 e. The van der Waals surface area contributed by atoms with E-state index in [0.29, 0.717) is 17.6 Å². The second kappa shape index (κ2) is 11.6. The van der Waals surface area contributed by atoms with Crippen LogP contribution in [0.5, 0.6) is 0 Å². The van der Waals surface area contributed by atoms with Crippen LogP contribution >= 0.6 is 0 Å². The van der Waals surface area contributed by atoms with E-state index in [1.54, 1.807) is 6.20 Å². The highest BCUT2D eigenvalue weighted by Gasteiger charge is 2.42. The Bertz CT molecular complexity index is 1520. The second-order valence-corrected chi connectivity index (χ2v) is 12.1. The van der Waals surface area contributed by atoms with Gasteiger partial charge in [-0.2, -0.15) is 0 Å². The van der Waals surface area contributed by atoms with E-state index in [1.807, 2.05) is 37.3 Å². The Morgan fingerprint density at radius 2 is 1.66 bits per heavy atom. The predicted octanol–water partition coefficient (Wildman–Crippen LogP) is 8.11. The molecule has 4 aromatic rings. The van der Waals surface area contributed by atoms with Crippen LogP contribution in [0.15, 0.2) is 72.9 Å². The lowest BCUT2D eigenvalue weighted by Crippen LogP contribution is -2.34. The molecule has 2 aliphatic carbocycles. The Balaban J connectivity index is 1.37. The van der Waals surface area contributed by atoms with E-state index in [4.69, 9.17) is 4.98 Å². The van der Waals surface area contributed by atoms with Crippen molar-refractivity contribution >= 4 is 22.6 Å². The van der Waals surface area contributed by atoms with Crippen LogP contribution in [0.3, 0.4) is 0 Å². The zero-order valence-electron chi connectivity index (χ0n) is 24.0. The highest BCUT2D eigenvalue weighted by atomic mass is 19.1. The van der Waals surface area contributed by atoms with Crippen LogP contribution in [0.25, 0.3) is 10.8 Å². The summed E-state index contributed by atoms with van der Waals surface area (Å²) >= 11 is 0. The summed E-state index contributed by atoms with van der Waals surface area (Å²) in [4.78, 5) is 23.8. The molecule has 1 atom stereocenters. The third kappa shape index (κ3) is 5.57. The first-order valence-electron chi connectivity index (χ1n) is 15.1. The molecule has 0 bridgehead atoms. The predicted molar refractivity (Wildman–Crippen MR) is 163 cm³/mol. The van der Waals surface area contributed by atoms with Gasteiger partial charge in [0.25, 0.3) is 5.91 Å². The number of benzene rings is 3. The Labute approximate surface area is 242 Å². The number of hydrogen-bond acceptors (Lipinski definition) is 4. The van der Waals surface area contributed by atoms with E-state index >= 15 is 0 Å². The van der Waals surface area contributed by atoms with Gasteiger partial charge in [0.2, 0.25) is 5.95 Å². The highest BCUT2D eigenvalue weighted by Crippen LogP contribution is 2.47. The molecule has 5 nitrogen and oxygen atoms in total. The fourth-order valence-electron chi connectivity index (χ4n) is 6.96. The van der Waals surface area contributed by atoms with Crippen molar-refractivity contribution in [2.75, 3.05) is 5.32 Å². The third-order valence-electron chi connectivity index (χ3n) is 9.33. The molecule has 3 aromatic carbocycles. The van der Waals surface area contributed by atoms with Crippen molar-refractivity contribution in [3.63, 3.8) is 0 Å². The molecule has 2 fully saturated rings. The summed E-state index contributed by atoms with van der Waals surface area (Å²) in [6.07, 6.45) is 10.0. The SMILES string of the molecule is CC1CCC(Nc2ncc(C(=O)NC(C)c3cccc4ccccc34)c(C3(c4ccc(F)cc4)CCCC3)n2)CC1. The molecular weight excluding hydrogens is 511 g/mol. The zero-order chi connectivity index (χ0) is 28.4. The van der Waals surface area contributed by atoms with Crippen molar-refractivity contribution in [3.05, 3.63) is 101 Å². The van der Waals surface area contributed by atoms with Crippen molar-refractivity contribution in [1.29, 1.82) is 0 Å². The first-order chi connectivity index (χ1) is 19.9. The molecule has 0 aliphatic heterocycles. The molecule has 1 heterocycles. The molecule has 0 saturated heterocycles. The summed E-state index contributed by atoms with van der Waals surface area (Å²) in [7, 11) is 0. The molecule has 2 aliphatic rings. The van der Waals surface area contributed by atoms with Gasteiger partial charge in [0, 0.05) is 17.7 Å². The Morgan fingerprint density at radius 3 is 2.41 bits per heavy atom. The number of amides is 1. The second-order valence-electron chi connectivity index (χ2n) is 12.1. The van der Waals surface area contributed by atoms with Crippen LogP contribution < -0.4 is 10.6 Å². The summed E-state index contributed by atoms with van der Waals surface area (Å²) in [5, 5.41) is 9.10. The average molecular weight is 551 g/mol. The van der Waals surface area contributed by atoms with E-state index in [9.17, 15) is 9.18 Å². The standard InChI is InChI=1S/C35H39FN4O/c1-23-12-18-28(19-13-23)39-34-37-22-31(32(40-34)35(20-5-6-21-35)26-14-16-27(36)17-15-26)33(41)38-24(2)29-11-7-9-25-8-3-4-10-30(25)29/h3-4,7-11,14-17,22-24,28H,5-6,12-13,18-21H2,1-2H3,(H,38,41)(H,37,39,40). The number of fused-ring (bicyclic) bond motifs is 1. The quantitative estimate of drug-likeness (QED) is 0.244. The number of rotatable bonds is 7. The molecule has 1 amide bonds. The van der Waals surface area contributed by atoms with Gasteiger partial charge in [-0.15, -0.1) is 0 Å². The smallest absolute Gasteiger partial charge is 0.255 e. The molecule has 212 valence electrons. The lowest BCUT2D eigenvalue weighted by molar-refractivity contribution is 0.0937. The van der Waals surface area contributed by atoms with Gasteiger partial charge in [-0.05, 0) is 85.4 Å². The van der Waals surface area contributed by atoms with Crippen LogP contribution in [0.4, 0.5) is 10.3 Å². The number of anilines is 1. The molecule has 41 heavy (non-hydrogen) atoms. The maximum Gasteiger partial charge on any atom is 0.255 e. The van der Waals surface area contributed by atoms with E-state index in [0.717, 1.165) is 72.0 Å². The van der Waals surface area contributed by atoms with Crippen molar-refractivity contribution in [2.45, 2.75) is 82.7 Å². The molecule has 2 saturated carbocycles. The lowest BCUT2D eigenvalue weighted by Gasteiger charge is -2.32. The number of carbonyl (C=O) groups is 1. The molecule has 6 rings (SSSR count). The van der Waals surface area contributed by atoms with Gasteiger partial charge in [0.15, 0.2) is 0 Å². The van der Waals surface area contributed by atoms with Gasteiger partial charge >= 0.3 is 0 Å². The number of hydrogen-bond donors (Lipinski definition) is 2. The summed E-state index contributed by atoms with van der Waals surface area (Å²) < 4.78 is 14.0. The van der Waals surface area contributed by atoms with Gasteiger partial charge in [0.05, 0.1) is 17.3 Å². The first-order valence-corrected chi connectivity index (χ1v) is 15.1. The third-order valence-corrected chi connectivity index (χ3v) is 9.33. The Hall–Kier alpha value is -3.80. The normalized spacial score (nSPS) is 21.0. The van der Waals surface area contributed by atoms with Crippen LogP contribution in [-0.2, 0) is 5.41 Å². The lowest BCUT2D eigenvalue weighted by atomic mass is 9.74. The molecule has 1 aromatic heterocycles. The monoisotopic (exact) mass is 550 g/mol. The fourth-order valence-corrected chi connectivity index (χ4v) is 6.96. The summed E-state index contributed by atoms with van der Waals surface area (Å²) in [6.45, 7) is 4.33. The number of aromatic nitrogens is 2. The molecule has 0 radical (unpaired) electrons. The van der Waals surface area contributed by atoms with Crippen LogP contribution in [0.2, 0.25) is 0 Å². The maximum absolute atomic E-state index is 14.0. The van der Waals surface area contributed by atoms with Crippen molar-refractivity contribution in [3.8, 4) is 0 Å². The number of carbonyl (C=O) groups excluding carboxylic acids is 1. The van der Waals surface area contributed by atoms with Gasteiger partial charge in [0.1, 0.15) is 5.82 Å². The Morgan fingerprint density at radius 1 is 0.951 bits per heavy atom. The maximum atomic E-state index is 14.0. The average Bonchev–Trinajstić information content (AvgIpc) is 3.49. The fraction of sp³-hybridized carbons (Fsp3) is 0.400. The van der Waals surface area contributed by atoms with Crippen LogP contribution in [-0.4, -0.2) is 21.9 Å².